The number of carbonyl (C=O) groups is 1. The Bertz CT molecular complexity index is 199. The van der Waals surface area contributed by atoms with Crippen molar-refractivity contribution in [3.05, 3.63) is 0 Å². The van der Waals surface area contributed by atoms with Crippen LogP contribution in [0.4, 0.5) is 0 Å². The van der Waals surface area contributed by atoms with Crippen LogP contribution in [0.2, 0.25) is 0 Å². The summed E-state index contributed by atoms with van der Waals surface area (Å²) in [5.41, 5.74) is -0.0722. The third-order valence-electron chi connectivity index (χ3n) is 3.46. The Hall–Kier alpha value is -0.570. The van der Waals surface area contributed by atoms with E-state index in [-0.39, 0.29) is 17.3 Å². The first-order valence-electron chi connectivity index (χ1n) is 4.73. The van der Waals surface area contributed by atoms with Crippen LogP contribution in [0.5, 0.6) is 0 Å². The maximum atomic E-state index is 10.7. The van der Waals surface area contributed by atoms with Gasteiger partial charge in [0, 0.05) is 5.41 Å². The average Bonchev–Trinajstić information content (AvgIpc) is 1.80. The number of ether oxygens (including phenoxy) is 1. The fourth-order valence-electron chi connectivity index (χ4n) is 1.99. The largest absolute Gasteiger partial charge is 0.481 e. The van der Waals surface area contributed by atoms with Crippen LogP contribution in [-0.2, 0) is 9.53 Å². The van der Waals surface area contributed by atoms with Crippen LogP contribution in [0.25, 0.3) is 0 Å². The van der Waals surface area contributed by atoms with Crippen molar-refractivity contribution >= 4 is 5.97 Å². The summed E-state index contributed by atoms with van der Waals surface area (Å²) in [5, 5.41) is 8.79. The minimum atomic E-state index is -0.718. The molecule has 3 heteroatoms. The van der Waals surface area contributed by atoms with Crippen LogP contribution >= 0.6 is 0 Å². The van der Waals surface area contributed by atoms with Crippen molar-refractivity contribution in [1.29, 1.82) is 0 Å². The molecule has 0 amide bonds. The van der Waals surface area contributed by atoms with E-state index in [4.69, 9.17) is 9.84 Å². The number of hydrogen-bond donors (Lipinski definition) is 1. The van der Waals surface area contributed by atoms with E-state index in [2.05, 4.69) is 6.92 Å². The van der Waals surface area contributed by atoms with Crippen molar-refractivity contribution in [2.24, 2.45) is 10.8 Å². The van der Waals surface area contributed by atoms with Gasteiger partial charge in [-0.05, 0) is 11.8 Å². The van der Waals surface area contributed by atoms with Crippen LogP contribution in [0, 0.1) is 10.8 Å². The second kappa shape index (κ2) is 3.29. The average molecular weight is 186 g/mol. The fraction of sp³-hybridized carbons (Fsp3) is 0.900. The van der Waals surface area contributed by atoms with E-state index in [0.29, 0.717) is 13.2 Å². The number of rotatable bonds is 4. The van der Waals surface area contributed by atoms with Crippen LogP contribution < -0.4 is 0 Å². The van der Waals surface area contributed by atoms with Gasteiger partial charge in [-0.1, -0.05) is 20.8 Å². The Morgan fingerprint density at radius 3 is 2.31 bits per heavy atom. The highest BCUT2D eigenvalue weighted by atomic mass is 16.5. The lowest BCUT2D eigenvalue weighted by atomic mass is 9.61. The number of aliphatic carboxylic acids is 1. The molecule has 0 aromatic carbocycles. The highest BCUT2D eigenvalue weighted by Crippen LogP contribution is 2.49. The Morgan fingerprint density at radius 2 is 2.08 bits per heavy atom. The van der Waals surface area contributed by atoms with Gasteiger partial charge in [0.25, 0.3) is 0 Å². The van der Waals surface area contributed by atoms with E-state index < -0.39 is 5.97 Å². The summed E-state index contributed by atoms with van der Waals surface area (Å²) in [6, 6.07) is 0. The van der Waals surface area contributed by atoms with E-state index in [1.54, 1.807) is 0 Å². The van der Waals surface area contributed by atoms with Gasteiger partial charge in [0.05, 0.1) is 19.6 Å². The maximum Gasteiger partial charge on any atom is 0.303 e. The molecule has 1 aliphatic heterocycles. The molecule has 0 spiro atoms. The van der Waals surface area contributed by atoms with Gasteiger partial charge in [-0.15, -0.1) is 0 Å². The second-order valence-corrected chi connectivity index (χ2v) is 4.58. The van der Waals surface area contributed by atoms with Gasteiger partial charge in [0.15, 0.2) is 0 Å². The molecule has 76 valence electrons. The zero-order valence-electron chi connectivity index (χ0n) is 8.59. The van der Waals surface area contributed by atoms with E-state index in [0.717, 1.165) is 6.42 Å². The van der Waals surface area contributed by atoms with Crippen molar-refractivity contribution in [2.75, 3.05) is 13.2 Å². The molecule has 0 aromatic rings. The maximum absolute atomic E-state index is 10.7. The van der Waals surface area contributed by atoms with Gasteiger partial charge in [0.2, 0.25) is 0 Å². The van der Waals surface area contributed by atoms with Gasteiger partial charge in [0.1, 0.15) is 0 Å². The highest BCUT2D eigenvalue weighted by Gasteiger charge is 2.50. The molecule has 3 nitrogen and oxygen atoms in total. The van der Waals surface area contributed by atoms with Gasteiger partial charge in [-0.3, -0.25) is 4.79 Å². The topological polar surface area (TPSA) is 46.5 Å². The van der Waals surface area contributed by atoms with Crippen LogP contribution in [-0.4, -0.2) is 24.3 Å². The smallest absolute Gasteiger partial charge is 0.303 e. The van der Waals surface area contributed by atoms with Crippen LogP contribution in [0.3, 0.4) is 0 Å². The molecular formula is C10H18O3. The first kappa shape index (κ1) is 10.5. The summed E-state index contributed by atoms with van der Waals surface area (Å²) < 4.78 is 5.20. The molecule has 1 fully saturated rings. The molecule has 0 unspecified atom stereocenters. The minimum absolute atomic E-state index is 0.0887. The molecular weight excluding hydrogens is 168 g/mol. The Morgan fingerprint density at radius 1 is 1.54 bits per heavy atom. The zero-order chi connectivity index (χ0) is 10.1. The minimum Gasteiger partial charge on any atom is -0.481 e. The Balaban J connectivity index is 2.71. The summed E-state index contributed by atoms with van der Waals surface area (Å²) in [7, 11) is 0. The van der Waals surface area contributed by atoms with Crippen molar-refractivity contribution in [3.8, 4) is 0 Å². The molecule has 1 N–H and O–H groups in total. The van der Waals surface area contributed by atoms with Crippen molar-refractivity contribution in [2.45, 2.75) is 33.6 Å². The summed E-state index contributed by atoms with van der Waals surface area (Å²) in [5.74, 6) is -0.718. The molecule has 1 aliphatic rings. The number of hydrogen-bond acceptors (Lipinski definition) is 2. The molecule has 0 saturated carbocycles. The summed E-state index contributed by atoms with van der Waals surface area (Å²) >= 11 is 0. The molecule has 0 aliphatic carbocycles. The van der Waals surface area contributed by atoms with E-state index >= 15 is 0 Å². The molecule has 0 atom stereocenters. The van der Waals surface area contributed by atoms with Crippen molar-refractivity contribution in [1.82, 2.24) is 0 Å². The number of carboxylic acids is 1. The summed E-state index contributed by atoms with van der Waals surface area (Å²) in [4.78, 5) is 10.7. The number of carboxylic acid groups (broad SMARTS) is 1. The first-order chi connectivity index (χ1) is 5.93. The standard InChI is InChI=1S/C10H18O3/c1-4-10(6-13-7-10)9(2,3)5-8(11)12/h4-7H2,1-3H3,(H,11,12). The zero-order valence-corrected chi connectivity index (χ0v) is 8.59. The molecule has 1 rings (SSSR count). The van der Waals surface area contributed by atoms with Crippen molar-refractivity contribution < 1.29 is 14.6 Å². The van der Waals surface area contributed by atoms with Gasteiger partial charge in [-0.25, -0.2) is 0 Å². The van der Waals surface area contributed by atoms with E-state index in [1.807, 2.05) is 13.8 Å². The van der Waals surface area contributed by atoms with Gasteiger partial charge in [-0.2, -0.15) is 0 Å². The van der Waals surface area contributed by atoms with E-state index in [1.165, 1.54) is 0 Å². The Labute approximate surface area is 79.1 Å². The lowest BCUT2D eigenvalue weighted by Gasteiger charge is -2.51. The first-order valence-corrected chi connectivity index (χ1v) is 4.73. The van der Waals surface area contributed by atoms with Crippen LogP contribution in [0.15, 0.2) is 0 Å². The van der Waals surface area contributed by atoms with Gasteiger partial charge >= 0.3 is 5.97 Å². The fourth-order valence-corrected chi connectivity index (χ4v) is 1.99. The molecule has 1 heterocycles. The molecule has 0 radical (unpaired) electrons. The van der Waals surface area contributed by atoms with Crippen molar-refractivity contribution in [3.63, 3.8) is 0 Å². The van der Waals surface area contributed by atoms with Gasteiger partial charge < -0.3 is 9.84 Å². The Kier molecular flexibility index (Phi) is 2.66. The summed E-state index contributed by atoms with van der Waals surface area (Å²) in [6.07, 6.45) is 1.22. The lowest BCUT2D eigenvalue weighted by molar-refractivity contribution is -0.185. The SMILES string of the molecule is CCC1(C(C)(C)CC(=O)O)COC1. The molecule has 0 aromatic heterocycles. The predicted octanol–water partition coefficient (Wildman–Crippen LogP) is 1.91. The second-order valence-electron chi connectivity index (χ2n) is 4.58. The molecule has 0 bridgehead atoms. The molecule has 1 saturated heterocycles. The quantitative estimate of drug-likeness (QED) is 0.729. The van der Waals surface area contributed by atoms with Crippen LogP contribution in [0.1, 0.15) is 33.6 Å². The highest BCUT2D eigenvalue weighted by molar-refractivity contribution is 5.67. The third-order valence-corrected chi connectivity index (χ3v) is 3.46. The van der Waals surface area contributed by atoms with E-state index in [9.17, 15) is 4.79 Å². The lowest BCUT2D eigenvalue weighted by Crippen LogP contribution is -2.53. The summed E-state index contributed by atoms with van der Waals surface area (Å²) in [6.45, 7) is 7.57. The molecule has 13 heavy (non-hydrogen) atoms. The third kappa shape index (κ3) is 1.70. The normalized spacial score (nSPS) is 20.8. The predicted molar refractivity (Wildman–Crippen MR) is 49.6 cm³/mol. The monoisotopic (exact) mass is 186 g/mol.